The quantitative estimate of drug-likeness (QED) is 0.550. The first-order valence-electron chi connectivity index (χ1n) is 9.51. The van der Waals surface area contributed by atoms with E-state index in [9.17, 15) is 5.11 Å². The molecule has 3 rings (SSSR count). The Morgan fingerprint density at radius 3 is 2.67 bits per heavy atom. The molecule has 2 heteroatoms. The minimum absolute atomic E-state index is 0.147. The lowest BCUT2D eigenvalue weighted by atomic mass is 9.58. The third kappa shape index (κ3) is 2.85. The number of ether oxygens (including phenoxy) is 1. The number of aromatic hydroxyl groups is 1. The number of phenolic OH excluding ortho intramolecular Hbond substituents is 1. The van der Waals surface area contributed by atoms with Gasteiger partial charge in [0.15, 0.2) is 0 Å². The maximum absolute atomic E-state index is 10.8. The Morgan fingerprint density at radius 2 is 1.96 bits per heavy atom. The number of hydrogen-bond acceptors (Lipinski definition) is 2. The first-order valence-corrected chi connectivity index (χ1v) is 9.51. The number of benzene rings is 1. The Balaban J connectivity index is 2.07. The Labute approximate surface area is 146 Å². The van der Waals surface area contributed by atoms with Gasteiger partial charge < -0.3 is 9.84 Å². The Hall–Kier alpha value is -1.44. The standard InChI is InChI=1S/C22H32O2/c1-6-7-8-9-16-12-17(23)20-18(13-16)24-21(3,4)19-11-10-15(2)14-22(19,20)5/h12-14,19,23H,6-11H2,1-5H3/t19-,22+/m0/s1. The van der Waals surface area contributed by atoms with Crippen LogP contribution >= 0.6 is 0 Å². The van der Waals surface area contributed by atoms with E-state index in [4.69, 9.17) is 4.74 Å². The van der Waals surface area contributed by atoms with Gasteiger partial charge in [0.2, 0.25) is 0 Å². The molecule has 0 aromatic heterocycles. The maximum Gasteiger partial charge on any atom is 0.128 e. The van der Waals surface area contributed by atoms with Gasteiger partial charge in [-0.1, -0.05) is 38.3 Å². The maximum atomic E-state index is 10.8. The summed E-state index contributed by atoms with van der Waals surface area (Å²) in [6.45, 7) is 11.1. The highest BCUT2D eigenvalue weighted by Crippen LogP contribution is 2.56. The molecule has 1 N–H and O–H groups in total. The van der Waals surface area contributed by atoms with Gasteiger partial charge in [0, 0.05) is 16.9 Å². The van der Waals surface area contributed by atoms with Crippen LogP contribution in [0.25, 0.3) is 0 Å². The third-order valence-corrected chi connectivity index (χ3v) is 6.06. The summed E-state index contributed by atoms with van der Waals surface area (Å²) in [5.41, 5.74) is 3.24. The third-order valence-electron chi connectivity index (χ3n) is 6.06. The van der Waals surface area contributed by atoms with E-state index in [1.807, 2.05) is 6.07 Å². The minimum atomic E-state index is -0.215. The molecule has 1 aromatic rings. The van der Waals surface area contributed by atoms with Crippen molar-refractivity contribution in [3.8, 4) is 11.5 Å². The van der Waals surface area contributed by atoms with Crippen molar-refractivity contribution < 1.29 is 9.84 Å². The van der Waals surface area contributed by atoms with Crippen LogP contribution in [0.15, 0.2) is 23.8 Å². The Morgan fingerprint density at radius 1 is 1.21 bits per heavy atom. The first kappa shape index (κ1) is 17.4. The predicted molar refractivity (Wildman–Crippen MR) is 99.9 cm³/mol. The van der Waals surface area contributed by atoms with Crippen LogP contribution in [0.5, 0.6) is 11.5 Å². The van der Waals surface area contributed by atoms with Crippen molar-refractivity contribution >= 4 is 0 Å². The highest BCUT2D eigenvalue weighted by atomic mass is 16.5. The van der Waals surface area contributed by atoms with Gasteiger partial charge in [-0.2, -0.15) is 0 Å². The van der Waals surface area contributed by atoms with Crippen molar-refractivity contribution in [2.75, 3.05) is 0 Å². The molecule has 0 amide bonds. The highest BCUT2D eigenvalue weighted by molar-refractivity contribution is 5.56. The van der Waals surface area contributed by atoms with E-state index >= 15 is 0 Å². The minimum Gasteiger partial charge on any atom is -0.507 e. The summed E-state index contributed by atoms with van der Waals surface area (Å²) in [4.78, 5) is 0. The van der Waals surface area contributed by atoms with E-state index in [1.165, 1.54) is 24.0 Å². The van der Waals surface area contributed by atoms with Gasteiger partial charge in [-0.05, 0) is 64.2 Å². The number of unbranched alkanes of at least 4 members (excludes halogenated alkanes) is 2. The highest BCUT2D eigenvalue weighted by Gasteiger charge is 2.52. The summed E-state index contributed by atoms with van der Waals surface area (Å²) in [5, 5.41) is 10.8. The van der Waals surface area contributed by atoms with Crippen LogP contribution in [-0.4, -0.2) is 10.7 Å². The molecule has 0 fully saturated rings. The summed E-state index contributed by atoms with van der Waals surface area (Å²) in [7, 11) is 0. The van der Waals surface area contributed by atoms with Crippen molar-refractivity contribution in [1.29, 1.82) is 0 Å². The van der Waals surface area contributed by atoms with E-state index in [0.29, 0.717) is 11.7 Å². The molecule has 0 saturated heterocycles. The molecule has 132 valence electrons. The fraction of sp³-hybridized carbons (Fsp3) is 0.636. The van der Waals surface area contributed by atoms with Crippen LogP contribution in [0.2, 0.25) is 0 Å². The number of fused-ring (bicyclic) bond motifs is 3. The summed E-state index contributed by atoms with van der Waals surface area (Å²) >= 11 is 0. The zero-order chi connectivity index (χ0) is 17.5. The van der Waals surface area contributed by atoms with Gasteiger partial charge in [-0.3, -0.25) is 0 Å². The molecule has 24 heavy (non-hydrogen) atoms. The topological polar surface area (TPSA) is 29.5 Å². The molecule has 1 aliphatic heterocycles. The van der Waals surface area contributed by atoms with E-state index in [-0.39, 0.29) is 11.0 Å². The van der Waals surface area contributed by atoms with Crippen LogP contribution in [0.3, 0.4) is 0 Å². The molecule has 0 bridgehead atoms. The number of phenols is 1. The Bertz CT molecular complexity index is 656. The normalized spacial score (nSPS) is 27.7. The lowest BCUT2D eigenvalue weighted by molar-refractivity contribution is -0.0145. The SMILES string of the molecule is CCCCCc1cc(O)c2c(c1)OC(C)(C)[C@@H]1CCC(C)=C[C@@]21C. The number of rotatable bonds is 4. The Kier molecular flexibility index (Phi) is 4.44. The largest absolute Gasteiger partial charge is 0.507 e. The summed E-state index contributed by atoms with van der Waals surface area (Å²) in [6, 6.07) is 4.14. The molecule has 2 atom stereocenters. The van der Waals surface area contributed by atoms with E-state index < -0.39 is 0 Å². The molecule has 1 aliphatic carbocycles. The van der Waals surface area contributed by atoms with Gasteiger partial charge in [-0.15, -0.1) is 0 Å². The van der Waals surface area contributed by atoms with Crippen LogP contribution in [-0.2, 0) is 11.8 Å². The lowest BCUT2D eigenvalue weighted by Crippen LogP contribution is -2.53. The smallest absolute Gasteiger partial charge is 0.128 e. The lowest BCUT2D eigenvalue weighted by Gasteiger charge is -2.52. The average Bonchev–Trinajstić information content (AvgIpc) is 2.45. The van der Waals surface area contributed by atoms with Crippen LogP contribution in [0.1, 0.15) is 77.8 Å². The van der Waals surface area contributed by atoms with Gasteiger partial charge >= 0.3 is 0 Å². The second-order valence-corrected chi connectivity index (χ2v) is 8.52. The van der Waals surface area contributed by atoms with Crippen LogP contribution in [0.4, 0.5) is 0 Å². The second-order valence-electron chi connectivity index (χ2n) is 8.52. The van der Waals surface area contributed by atoms with E-state index in [2.05, 4.69) is 46.8 Å². The second kappa shape index (κ2) is 6.13. The summed E-state index contributed by atoms with van der Waals surface area (Å²) < 4.78 is 6.43. The first-order chi connectivity index (χ1) is 11.3. The zero-order valence-electron chi connectivity index (χ0n) is 15.9. The summed E-state index contributed by atoms with van der Waals surface area (Å²) in [6.07, 6.45) is 9.22. The van der Waals surface area contributed by atoms with Crippen LogP contribution < -0.4 is 4.74 Å². The van der Waals surface area contributed by atoms with Crippen molar-refractivity contribution in [3.05, 3.63) is 34.9 Å². The molecule has 2 aliphatic rings. The van der Waals surface area contributed by atoms with E-state index in [0.717, 1.165) is 37.0 Å². The van der Waals surface area contributed by atoms with Crippen molar-refractivity contribution in [2.24, 2.45) is 5.92 Å². The number of aryl methyl sites for hydroxylation is 1. The molecular formula is C22H32O2. The van der Waals surface area contributed by atoms with Gasteiger partial charge in [-0.25, -0.2) is 0 Å². The molecule has 0 spiro atoms. The molecule has 0 saturated carbocycles. The fourth-order valence-electron chi connectivity index (χ4n) is 5.03. The molecule has 0 radical (unpaired) electrons. The van der Waals surface area contributed by atoms with Crippen molar-refractivity contribution in [2.45, 2.75) is 84.2 Å². The predicted octanol–water partition coefficient (Wildman–Crippen LogP) is 5.91. The molecular weight excluding hydrogens is 296 g/mol. The van der Waals surface area contributed by atoms with Gasteiger partial charge in [0.25, 0.3) is 0 Å². The molecule has 1 aromatic carbocycles. The fourth-order valence-corrected chi connectivity index (χ4v) is 5.03. The van der Waals surface area contributed by atoms with Crippen molar-refractivity contribution in [3.63, 3.8) is 0 Å². The zero-order valence-corrected chi connectivity index (χ0v) is 15.9. The molecule has 2 nitrogen and oxygen atoms in total. The molecule has 1 heterocycles. The van der Waals surface area contributed by atoms with Gasteiger partial charge in [0.1, 0.15) is 17.1 Å². The van der Waals surface area contributed by atoms with Gasteiger partial charge in [0.05, 0.1) is 0 Å². The van der Waals surface area contributed by atoms with Crippen LogP contribution in [0, 0.1) is 5.92 Å². The summed E-state index contributed by atoms with van der Waals surface area (Å²) in [5.74, 6) is 1.68. The molecule has 0 unspecified atom stereocenters. The number of allylic oxidation sites excluding steroid dienone is 2. The number of hydrogen-bond donors (Lipinski definition) is 1. The van der Waals surface area contributed by atoms with E-state index in [1.54, 1.807) is 0 Å². The van der Waals surface area contributed by atoms with Crippen molar-refractivity contribution in [1.82, 2.24) is 0 Å². The monoisotopic (exact) mass is 328 g/mol. The average molecular weight is 328 g/mol.